The summed E-state index contributed by atoms with van der Waals surface area (Å²) in [6.07, 6.45) is 4.41. The largest absolute Gasteiger partial charge is 0.348 e. The molecule has 1 saturated heterocycles. The summed E-state index contributed by atoms with van der Waals surface area (Å²) >= 11 is 6.29. The maximum Gasteiger partial charge on any atom is 0.291 e. The average Bonchev–Trinajstić information content (AvgIpc) is 3.12. The quantitative estimate of drug-likeness (QED) is 0.834. The third kappa shape index (κ3) is 3.97. The predicted molar refractivity (Wildman–Crippen MR) is 98.9 cm³/mol. The van der Waals surface area contributed by atoms with Gasteiger partial charge in [0, 0.05) is 18.5 Å². The number of nitrogens with zero attached hydrogens (tertiary/aromatic N) is 3. The van der Waals surface area contributed by atoms with Crippen molar-refractivity contribution in [3.63, 3.8) is 0 Å². The monoisotopic (exact) mass is 381 g/mol. The van der Waals surface area contributed by atoms with Crippen LogP contribution in [0.1, 0.15) is 48.0 Å². The molecule has 1 saturated carbocycles. The summed E-state index contributed by atoms with van der Waals surface area (Å²) < 4.78 is 1.72. The highest BCUT2D eigenvalue weighted by molar-refractivity contribution is 6.32. The molecule has 6 nitrogen and oxygen atoms in total. The lowest BCUT2D eigenvalue weighted by atomic mass is 10.2. The van der Waals surface area contributed by atoms with Crippen molar-refractivity contribution in [2.75, 3.05) is 13.1 Å². The van der Waals surface area contributed by atoms with E-state index in [0.29, 0.717) is 23.5 Å². The molecule has 0 bridgehead atoms. The van der Waals surface area contributed by atoms with E-state index in [-0.39, 0.29) is 24.1 Å². The number of halogens is 2. The molecular weight excluding hydrogens is 361 g/mol. The fourth-order valence-electron chi connectivity index (χ4n) is 3.05. The Morgan fingerprint density at radius 3 is 2.80 bits per heavy atom. The lowest BCUT2D eigenvalue weighted by Gasteiger charge is -2.09. The minimum Gasteiger partial charge on any atom is -0.348 e. The second-order valence-electron chi connectivity index (χ2n) is 6.43. The molecule has 1 aromatic heterocycles. The highest BCUT2D eigenvalue weighted by atomic mass is 35.5. The van der Waals surface area contributed by atoms with Crippen LogP contribution in [-0.4, -0.2) is 39.8 Å². The Bertz CT molecular complexity index is 753. The molecule has 4 rings (SSSR count). The van der Waals surface area contributed by atoms with E-state index in [4.69, 9.17) is 11.6 Å². The molecule has 25 heavy (non-hydrogen) atoms. The Labute approximate surface area is 157 Å². The molecule has 1 aromatic carbocycles. The molecule has 1 amide bonds. The highest BCUT2D eigenvalue weighted by Gasteiger charge is 2.32. The van der Waals surface area contributed by atoms with E-state index < -0.39 is 0 Å². The van der Waals surface area contributed by atoms with E-state index in [1.54, 1.807) is 4.68 Å². The lowest BCUT2D eigenvalue weighted by molar-refractivity contribution is 0.0940. The van der Waals surface area contributed by atoms with Gasteiger partial charge in [0.25, 0.3) is 5.91 Å². The van der Waals surface area contributed by atoms with Gasteiger partial charge in [-0.1, -0.05) is 23.7 Å². The van der Waals surface area contributed by atoms with E-state index >= 15 is 0 Å². The van der Waals surface area contributed by atoms with Crippen molar-refractivity contribution >= 4 is 29.9 Å². The van der Waals surface area contributed by atoms with E-state index in [0.717, 1.165) is 43.7 Å². The van der Waals surface area contributed by atoms with Crippen molar-refractivity contribution in [2.24, 2.45) is 0 Å². The number of hydrogen-bond donors (Lipinski definition) is 2. The number of benzene rings is 1. The van der Waals surface area contributed by atoms with Gasteiger partial charge in [0.15, 0.2) is 0 Å². The molecule has 8 heteroatoms. The minimum absolute atomic E-state index is 0. The number of amides is 1. The Morgan fingerprint density at radius 1 is 1.32 bits per heavy atom. The fraction of sp³-hybridized carbons (Fsp3) is 0.471. The molecule has 1 unspecified atom stereocenters. The molecule has 0 radical (unpaired) electrons. The number of aromatic nitrogens is 3. The fourth-order valence-corrected chi connectivity index (χ4v) is 3.27. The van der Waals surface area contributed by atoms with Crippen LogP contribution in [0.5, 0.6) is 0 Å². The van der Waals surface area contributed by atoms with E-state index in [2.05, 4.69) is 20.7 Å². The van der Waals surface area contributed by atoms with Gasteiger partial charge < -0.3 is 10.6 Å². The van der Waals surface area contributed by atoms with Crippen molar-refractivity contribution in [3.8, 4) is 5.69 Å². The molecule has 2 heterocycles. The van der Waals surface area contributed by atoms with Crippen molar-refractivity contribution in [1.29, 1.82) is 0 Å². The van der Waals surface area contributed by atoms with Crippen LogP contribution in [0, 0.1) is 0 Å². The van der Waals surface area contributed by atoms with Crippen LogP contribution in [-0.2, 0) is 0 Å². The van der Waals surface area contributed by atoms with Gasteiger partial charge in [0.1, 0.15) is 5.82 Å². The Balaban J connectivity index is 0.00000182. The molecule has 1 aliphatic heterocycles. The van der Waals surface area contributed by atoms with Crippen LogP contribution in [0.15, 0.2) is 24.3 Å². The number of rotatable bonds is 5. The Kier molecular flexibility index (Phi) is 5.61. The maximum absolute atomic E-state index is 12.4. The summed E-state index contributed by atoms with van der Waals surface area (Å²) in [6.45, 7) is 1.63. The van der Waals surface area contributed by atoms with Gasteiger partial charge in [-0.25, -0.2) is 9.67 Å². The van der Waals surface area contributed by atoms with Crippen molar-refractivity contribution < 1.29 is 4.79 Å². The molecule has 2 aliphatic rings. The number of para-hydroxylation sites is 1. The van der Waals surface area contributed by atoms with Gasteiger partial charge in [-0.2, -0.15) is 0 Å². The first-order valence-corrected chi connectivity index (χ1v) is 8.83. The summed E-state index contributed by atoms with van der Waals surface area (Å²) in [5, 5.41) is 11.3. The Hall–Kier alpha value is -1.63. The van der Waals surface area contributed by atoms with Crippen LogP contribution in [0.4, 0.5) is 0 Å². The first-order valence-electron chi connectivity index (χ1n) is 8.46. The van der Waals surface area contributed by atoms with Crippen LogP contribution in [0.2, 0.25) is 5.02 Å². The number of hydrogen-bond acceptors (Lipinski definition) is 4. The zero-order chi connectivity index (χ0) is 16.5. The van der Waals surface area contributed by atoms with Crippen LogP contribution >= 0.6 is 24.0 Å². The highest BCUT2D eigenvalue weighted by Crippen LogP contribution is 2.40. The van der Waals surface area contributed by atoms with Crippen LogP contribution in [0.25, 0.3) is 5.69 Å². The molecule has 1 aliphatic carbocycles. The van der Waals surface area contributed by atoms with Gasteiger partial charge in [0.2, 0.25) is 5.82 Å². The van der Waals surface area contributed by atoms with E-state index in [1.807, 2.05) is 24.3 Å². The van der Waals surface area contributed by atoms with E-state index in [1.165, 1.54) is 0 Å². The van der Waals surface area contributed by atoms with Gasteiger partial charge >= 0.3 is 0 Å². The smallest absolute Gasteiger partial charge is 0.291 e. The molecule has 0 spiro atoms. The van der Waals surface area contributed by atoms with Gasteiger partial charge in [0.05, 0.1) is 10.7 Å². The SMILES string of the molecule is Cl.O=C(NCC1CCCN1)c1nc(C2CC2)n(-c2ccccc2Cl)n1. The topological polar surface area (TPSA) is 71.8 Å². The first kappa shape index (κ1) is 18.2. The summed E-state index contributed by atoms with van der Waals surface area (Å²) in [7, 11) is 0. The molecular formula is C17H21Cl2N5O. The first-order chi connectivity index (χ1) is 11.7. The Morgan fingerprint density at radius 2 is 2.12 bits per heavy atom. The second kappa shape index (κ2) is 7.72. The summed E-state index contributed by atoms with van der Waals surface area (Å²) in [5.74, 6) is 1.19. The van der Waals surface area contributed by atoms with E-state index in [9.17, 15) is 4.79 Å². The van der Waals surface area contributed by atoms with Crippen LogP contribution in [0.3, 0.4) is 0 Å². The van der Waals surface area contributed by atoms with Gasteiger partial charge in [-0.05, 0) is 44.4 Å². The summed E-state index contributed by atoms with van der Waals surface area (Å²) in [5.41, 5.74) is 0.769. The standard InChI is InChI=1S/C17H20ClN5O.ClH/c18-13-5-1-2-6-14(13)23-16(11-7-8-11)21-15(22-23)17(24)20-10-12-4-3-9-19-12;/h1-2,5-6,11-12,19H,3-4,7-10H2,(H,20,24);1H. The summed E-state index contributed by atoms with van der Waals surface area (Å²) in [6, 6.07) is 7.85. The van der Waals surface area contributed by atoms with Crippen molar-refractivity contribution in [3.05, 3.63) is 40.9 Å². The normalized spacial score (nSPS) is 19.5. The zero-order valence-corrected chi connectivity index (χ0v) is 15.3. The number of carbonyl (C=O) groups is 1. The predicted octanol–water partition coefficient (Wildman–Crippen LogP) is 2.70. The molecule has 134 valence electrons. The van der Waals surface area contributed by atoms with Crippen LogP contribution < -0.4 is 10.6 Å². The van der Waals surface area contributed by atoms with Gasteiger partial charge in [-0.3, -0.25) is 4.79 Å². The molecule has 2 N–H and O–H groups in total. The third-order valence-corrected chi connectivity index (χ3v) is 4.85. The number of carbonyl (C=O) groups excluding carboxylic acids is 1. The van der Waals surface area contributed by atoms with Gasteiger partial charge in [-0.15, -0.1) is 17.5 Å². The second-order valence-corrected chi connectivity index (χ2v) is 6.84. The lowest BCUT2D eigenvalue weighted by Crippen LogP contribution is -2.37. The molecule has 1 atom stereocenters. The van der Waals surface area contributed by atoms with Crippen molar-refractivity contribution in [1.82, 2.24) is 25.4 Å². The summed E-state index contributed by atoms with van der Waals surface area (Å²) in [4.78, 5) is 16.9. The third-order valence-electron chi connectivity index (χ3n) is 4.53. The molecule has 2 fully saturated rings. The van der Waals surface area contributed by atoms with Crippen molar-refractivity contribution in [2.45, 2.75) is 37.6 Å². The minimum atomic E-state index is -0.226. The maximum atomic E-state index is 12.4. The average molecular weight is 382 g/mol. The molecule has 2 aromatic rings. The number of nitrogens with one attached hydrogen (secondary N) is 2. The zero-order valence-electron chi connectivity index (χ0n) is 13.7.